The molecule has 15 heavy (non-hydrogen) atoms. The zero-order chi connectivity index (χ0) is 11.3. The van der Waals surface area contributed by atoms with Gasteiger partial charge in [-0.3, -0.25) is 9.59 Å². The van der Waals surface area contributed by atoms with Crippen LogP contribution in [0.25, 0.3) is 0 Å². The molecule has 1 unspecified atom stereocenters. The highest BCUT2D eigenvalue weighted by molar-refractivity contribution is 5.82. The van der Waals surface area contributed by atoms with Gasteiger partial charge in [-0.1, -0.05) is 19.3 Å². The number of carbonyl (C=O) groups excluding carboxylic acids is 1. The SMILES string of the molecule is N[C@@H](CC1CCCCCCC1=O)C(=O)O. The molecule has 86 valence electrons. The lowest BCUT2D eigenvalue weighted by atomic mass is 9.86. The molecular formula is C11H19NO3. The van der Waals surface area contributed by atoms with Crippen LogP contribution in [0.4, 0.5) is 0 Å². The lowest BCUT2D eigenvalue weighted by molar-refractivity contribution is -0.139. The van der Waals surface area contributed by atoms with E-state index in [0.717, 1.165) is 32.1 Å². The van der Waals surface area contributed by atoms with Crippen LogP contribution in [0.15, 0.2) is 0 Å². The molecule has 0 spiro atoms. The van der Waals surface area contributed by atoms with Crippen molar-refractivity contribution < 1.29 is 14.7 Å². The quantitative estimate of drug-likeness (QED) is 0.741. The summed E-state index contributed by atoms with van der Waals surface area (Å²) < 4.78 is 0. The monoisotopic (exact) mass is 213 g/mol. The summed E-state index contributed by atoms with van der Waals surface area (Å²) in [5.41, 5.74) is 5.45. The predicted octanol–water partition coefficient (Wildman–Crippen LogP) is 1.33. The van der Waals surface area contributed by atoms with Crippen molar-refractivity contribution >= 4 is 11.8 Å². The van der Waals surface area contributed by atoms with E-state index >= 15 is 0 Å². The van der Waals surface area contributed by atoms with E-state index in [1.54, 1.807) is 0 Å². The molecule has 2 atom stereocenters. The van der Waals surface area contributed by atoms with E-state index in [0.29, 0.717) is 12.8 Å². The number of hydrogen-bond donors (Lipinski definition) is 2. The Morgan fingerprint density at radius 3 is 2.73 bits per heavy atom. The molecule has 0 amide bonds. The highest BCUT2D eigenvalue weighted by atomic mass is 16.4. The molecule has 0 aromatic rings. The van der Waals surface area contributed by atoms with Gasteiger partial charge in [-0.2, -0.15) is 0 Å². The highest BCUT2D eigenvalue weighted by Crippen LogP contribution is 2.22. The summed E-state index contributed by atoms with van der Waals surface area (Å²) in [5, 5.41) is 8.69. The van der Waals surface area contributed by atoms with Crippen LogP contribution >= 0.6 is 0 Å². The summed E-state index contributed by atoms with van der Waals surface area (Å²) in [5.74, 6) is -0.937. The van der Waals surface area contributed by atoms with Gasteiger partial charge in [0.15, 0.2) is 0 Å². The number of aliphatic carboxylic acids is 1. The van der Waals surface area contributed by atoms with Gasteiger partial charge in [-0.25, -0.2) is 0 Å². The Balaban J connectivity index is 2.48. The lowest BCUT2D eigenvalue weighted by Gasteiger charge is -2.20. The van der Waals surface area contributed by atoms with Gasteiger partial charge in [-0.15, -0.1) is 0 Å². The van der Waals surface area contributed by atoms with Crippen LogP contribution in [-0.4, -0.2) is 22.9 Å². The summed E-state index contributed by atoms with van der Waals surface area (Å²) in [6.07, 6.45) is 5.92. The molecule has 1 fully saturated rings. The van der Waals surface area contributed by atoms with Gasteiger partial charge in [0.1, 0.15) is 11.8 Å². The van der Waals surface area contributed by atoms with E-state index < -0.39 is 12.0 Å². The van der Waals surface area contributed by atoms with E-state index in [1.807, 2.05) is 0 Å². The van der Waals surface area contributed by atoms with Gasteiger partial charge >= 0.3 is 5.97 Å². The number of Topliss-reactive ketones (excluding diaryl/α,β-unsaturated/α-hetero) is 1. The first-order chi connectivity index (χ1) is 7.11. The second-order valence-electron chi connectivity index (χ2n) is 4.30. The molecular weight excluding hydrogens is 194 g/mol. The smallest absolute Gasteiger partial charge is 0.320 e. The first-order valence-corrected chi connectivity index (χ1v) is 5.62. The molecule has 3 N–H and O–H groups in total. The molecule has 4 heteroatoms. The zero-order valence-electron chi connectivity index (χ0n) is 8.95. The summed E-state index contributed by atoms with van der Waals surface area (Å²) in [6.45, 7) is 0. The first-order valence-electron chi connectivity index (χ1n) is 5.62. The van der Waals surface area contributed by atoms with Crippen molar-refractivity contribution in [1.82, 2.24) is 0 Å². The number of ketones is 1. The van der Waals surface area contributed by atoms with Crippen molar-refractivity contribution in [3.05, 3.63) is 0 Å². The maximum Gasteiger partial charge on any atom is 0.320 e. The molecule has 4 nitrogen and oxygen atoms in total. The Morgan fingerprint density at radius 1 is 1.40 bits per heavy atom. The maximum atomic E-state index is 11.7. The topological polar surface area (TPSA) is 80.4 Å². The van der Waals surface area contributed by atoms with Gasteiger partial charge in [0.25, 0.3) is 0 Å². The number of nitrogens with two attached hydrogens (primary N) is 1. The first kappa shape index (κ1) is 12.2. The highest BCUT2D eigenvalue weighted by Gasteiger charge is 2.24. The van der Waals surface area contributed by atoms with Crippen LogP contribution in [0.2, 0.25) is 0 Å². The third-order valence-electron chi connectivity index (χ3n) is 3.04. The van der Waals surface area contributed by atoms with Gasteiger partial charge in [-0.05, 0) is 19.3 Å². The van der Waals surface area contributed by atoms with Gasteiger partial charge < -0.3 is 10.8 Å². The average Bonchev–Trinajstić information content (AvgIpc) is 2.17. The third kappa shape index (κ3) is 4.00. The van der Waals surface area contributed by atoms with Gasteiger partial charge in [0.2, 0.25) is 0 Å². The van der Waals surface area contributed by atoms with Crippen LogP contribution < -0.4 is 5.73 Å². The lowest BCUT2D eigenvalue weighted by Crippen LogP contribution is -2.34. The van der Waals surface area contributed by atoms with Crippen molar-refractivity contribution in [3.8, 4) is 0 Å². The fourth-order valence-electron chi connectivity index (χ4n) is 2.07. The van der Waals surface area contributed by atoms with E-state index in [1.165, 1.54) is 0 Å². The minimum atomic E-state index is -1.01. The van der Waals surface area contributed by atoms with E-state index in [-0.39, 0.29) is 11.7 Å². The van der Waals surface area contributed by atoms with Crippen LogP contribution in [0.1, 0.15) is 44.9 Å². The van der Waals surface area contributed by atoms with E-state index in [4.69, 9.17) is 10.8 Å². The minimum Gasteiger partial charge on any atom is -0.480 e. The number of hydrogen-bond acceptors (Lipinski definition) is 3. The number of carboxylic acid groups (broad SMARTS) is 1. The number of rotatable bonds is 3. The maximum absolute atomic E-state index is 11.7. The number of carboxylic acids is 1. The molecule has 1 saturated carbocycles. The third-order valence-corrected chi connectivity index (χ3v) is 3.04. The second kappa shape index (κ2) is 5.85. The summed E-state index contributed by atoms with van der Waals surface area (Å²) in [6, 6.07) is -0.890. The predicted molar refractivity (Wildman–Crippen MR) is 56.4 cm³/mol. The van der Waals surface area contributed by atoms with Crippen LogP contribution in [0, 0.1) is 5.92 Å². The van der Waals surface area contributed by atoms with Gasteiger partial charge in [0, 0.05) is 12.3 Å². The normalized spacial score (nSPS) is 25.4. The van der Waals surface area contributed by atoms with Crippen LogP contribution in [-0.2, 0) is 9.59 Å². The van der Waals surface area contributed by atoms with E-state index in [2.05, 4.69) is 0 Å². The summed E-state index contributed by atoms with van der Waals surface area (Å²) in [4.78, 5) is 22.3. The fourth-order valence-corrected chi connectivity index (χ4v) is 2.07. The molecule has 1 rings (SSSR count). The van der Waals surface area contributed by atoms with Gasteiger partial charge in [0.05, 0.1) is 0 Å². The standard InChI is InChI=1S/C11H19NO3/c12-9(11(14)15)7-8-5-3-1-2-4-6-10(8)13/h8-9H,1-7,12H2,(H,14,15)/t8?,9-/m0/s1. The molecule has 0 bridgehead atoms. The van der Waals surface area contributed by atoms with Crippen LogP contribution in [0.5, 0.6) is 0 Å². The van der Waals surface area contributed by atoms with Crippen molar-refractivity contribution in [2.24, 2.45) is 11.7 Å². The summed E-state index contributed by atoms with van der Waals surface area (Å²) in [7, 11) is 0. The van der Waals surface area contributed by atoms with Crippen molar-refractivity contribution in [2.75, 3.05) is 0 Å². The molecule has 0 aromatic heterocycles. The molecule has 0 heterocycles. The number of carbonyl (C=O) groups is 2. The molecule has 0 saturated heterocycles. The molecule has 1 aliphatic carbocycles. The molecule has 1 aliphatic rings. The average molecular weight is 213 g/mol. The zero-order valence-corrected chi connectivity index (χ0v) is 8.95. The fraction of sp³-hybridized carbons (Fsp3) is 0.818. The Labute approximate surface area is 89.8 Å². The Kier molecular flexibility index (Phi) is 4.75. The van der Waals surface area contributed by atoms with E-state index in [9.17, 15) is 9.59 Å². The largest absolute Gasteiger partial charge is 0.480 e. The minimum absolute atomic E-state index is 0.128. The van der Waals surface area contributed by atoms with Crippen molar-refractivity contribution in [2.45, 2.75) is 51.0 Å². The molecule has 0 radical (unpaired) electrons. The Hall–Kier alpha value is -0.900. The Bertz CT molecular complexity index is 240. The summed E-state index contributed by atoms with van der Waals surface area (Å²) >= 11 is 0. The second-order valence-corrected chi connectivity index (χ2v) is 4.30. The van der Waals surface area contributed by atoms with Crippen LogP contribution in [0.3, 0.4) is 0 Å². The molecule has 0 aliphatic heterocycles. The Morgan fingerprint density at radius 2 is 2.07 bits per heavy atom. The van der Waals surface area contributed by atoms with Crippen molar-refractivity contribution in [1.29, 1.82) is 0 Å². The molecule has 0 aromatic carbocycles. The van der Waals surface area contributed by atoms with Crippen molar-refractivity contribution in [3.63, 3.8) is 0 Å².